The van der Waals surface area contributed by atoms with Crippen molar-refractivity contribution in [3.8, 4) is 11.5 Å². The average Bonchev–Trinajstić information content (AvgIpc) is 2.68. The number of carbonyl (C=O) groups excluding carboxylic acids is 2. The maximum absolute atomic E-state index is 12.5. The number of rotatable bonds is 5. The number of primary amides is 1. The van der Waals surface area contributed by atoms with E-state index < -0.39 is 11.6 Å². The fraction of sp³-hybridized carbons (Fsp3) is 0.333. The van der Waals surface area contributed by atoms with Gasteiger partial charge in [-0.05, 0) is 55.8 Å². The van der Waals surface area contributed by atoms with Crippen LogP contribution in [-0.4, -0.2) is 43.1 Å². The molecule has 0 spiro atoms. The van der Waals surface area contributed by atoms with Gasteiger partial charge in [0.1, 0.15) is 11.5 Å². The van der Waals surface area contributed by atoms with Crippen LogP contribution in [0.15, 0.2) is 48.5 Å². The Balaban J connectivity index is 1.64. The second-order valence-electron chi connectivity index (χ2n) is 7.17. The van der Waals surface area contributed by atoms with Gasteiger partial charge >= 0.3 is 6.03 Å². The standard InChI is InChI=1S/C21H25N3O4/c1-21(2,23-20(22)26)16-5-9-18(10-6-16)28-17-7-3-15(4-8-17)19(25)24-11-13-27-14-12-24/h3-10H,11-14H2,1-2H3,(H3,22,23,26). The Kier molecular flexibility index (Phi) is 5.84. The second-order valence-corrected chi connectivity index (χ2v) is 7.17. The SMILES string of the molecule is CC(C)(NC(N)=O)c1ccc(Oc2ccc(C(=O)N3CCOCC3)cc2)cc1. The van der Waals surface area contributed by atoms with E-state index in [2.05, 4.69) is 5.32 Å². The van der Waals surface area contributed by atoms with Crippen LogP contribution in [0.2, 0.25) is 0 Å². The largest absolute Gasteiger partial charge is 0.457 e. The van der Waals surface area contributed by atoms with Crippen molar-refractivity contribution in [3.63, 3.8) is 0 Å². The number of nitrogens with two attached hydrogens (primary N) is 1. The number of amides is 3. The summed E-state index contributed by atoms with van der Waals surface area (Å²) in [6, 6.07) is 13.9. The summed E-state index contributed by atoms with van der Waals surface area (Å²) in [5, 5.41) is 2.70. The van der Waals surface area contributed by atoms with Gasteiger partial charge in [0.25, 0.3) is 5.91 Å². The summed E-state index contributed by atoms with van der Waals surface area (Å²) in [6.07, 6.45) is 0. The van der Waals surface area contributed by atoms with Gasteiger partial charge in [-0.25, -0.2) is 4.79 Å². The quantitative estimate of drug-likeness (QED) is 0.830. The Morgan fingerprint density at radius 2 is 1.54 bits per heavy atom. The molecule has 1 fully saturated rings. The Morgan fingerprint density at radius 1 is 1.00 bits per heavy atom. The minimum absolute atomic E-state index is 0.00313. The van der Waals surface area contributed by atoms with Crippen LogP contribution in [0.25, 0.3) is 0 Å². The molecule has 1 heterocycles. The lowest BCUT2D eigenvalue weighted by Gasteiger charge is -2.26. The highest BCUT2D eigenvalue weighted by Crippen LogP contribution is 2.26. The molecule has 1 aliphatic heterocycles. The Hall–Kier alpha value is -3.06. The van der Waals surface area contributed by atoms with E-state index in [4.69, 9.17) is 15.2 Å². The summed E-state index contributed by atoms with van der Waals surface area (Å²) < 4.78 is 11.1. The number of nitrogens with zero attached hydrogens (tertiary/aromatic N) is 1. The molecular weight excluding hydrogens is 358 g/mol. The fourth-order valence-corrected chi connectivity index (χ4v) is 3.07. The number of hydrogen-bond acceptors (Lipinski definition) is 4. The molecule has 148 valence electrons. The van der Waals surface area contributed by atoms with Gasteiger partial charge in [0.05, 0.1) is 18.8 Å². The van der Waals surface area contributed by atoms with Gasteiger partial charge in [-0.2, -0.15) is 0 Å². The first-order chi connectivity index (χ1) is 13.3. The van der Waals surface area contributed by atoms with Crippen LogP contribution in [0.3, 0.4) is 0 Å². The zero-order valence-electron chi connectivity index (χ0n) is 16.1. The molecule has 0 aromatic heterocycles. The molecular formula is C21H25N3O4. The lowest BCUT2D eigenvalue weighted by Crippen LogP contribution is -2.43. The number of nitrogens with one attached hydrogen (secondary N) is 1. The van der Waals surface area contributed by atoms with E-state index >= 15 is 0 Å². The summed E-state index contributed by atoms with van der Waals surface area (Å²) in [6.45, 7) is 6.13. The van der Waals surface area contributed by atoms with E-state index in [0.29, 0.717) is 43.4 Å². The molecule has 3 rings (SSSR count). The van der Waals surface area contributed by atoms with Gasteiger partial charge < -0.3 is 25.4 Å². The summed E-state index contributed by atoms with van der Waals surface area (Å²) in [7, 11) is 0. The highest BCUT2D eigenvalue weighted by atomic mass is 16.5. The number of morpholine rings is 1. The van der Waals surface area contributed by atoms with E-state index in [9.17, 15) is 9.59 Å². The minimum Gasteiger partial charge on any atom is -0.457 e. The molecule has 7 heteroatoms. The van der Waals surface area contributed by atoms with E-state index in [1.807, 2.05) is 38.1 Å². The van der Waals surface area contributed by atoms with E-state index in [1.54, 1.807) is 29.2 Å². The van der Waals surface area contributed by atoms with E-state index in [1.165, 1.54) is 0 Å². The smallest absolute Gasteiger partial charge is 0.312 e. The number of benzene rings is 2. The van der Waals surface area contributed by atoms with Crippen molar-refractivity contribution in [2.24, 2.45) is 5.73 Å². The van der Waals surface area contributed by atoms with Gasteiger partial charge in [0.2, 0.25) is 0 Å². The van der Waals surface area contributed by atoms with Crippen molar-refractivity contribution in [2.75, 3.05) is 26.3 Å². The predicted octanol–water partition coefficient (Wildman–Crippen LogP) is 2.85. The Labute approximate surface area is 164 Å². The van der Waals surface area contributed by atoms with Gasteiger partial charge in [0, 0.05) is 18.7 Å². The lowest BCUT2D eigenvalue weighted by molar-refractivity contribution is 0.0303. The van der Waals surface area contributed by atoms with E-state index in [0.717, 1.165) is 5.56 Å². The van der Waals surface area contributed by atoms with Crippen molar-refractivity contribution in [3.05, 3.63) is 59.7 Å². The molecule has 3 amide bonds. The van der Waals surface area contributed by atoms with Crippen LogP contribution in [0.5, 0.6) is 11.5 Å². The van der Waals surface area contributed by atoms with Crippen LogP contribution in [-0.2, 0) is 10.3 Å². The Morgan fingerprint density at radius 3 is 2.07 bits per heavy atom. The molecule has 2 aromatic carbocycles. The highest BCUT2D eigenvalue weighted by molar-refractivity contribution is 5.94. The zero-order chi connectivity index (χ0) is 20.1. The molecule has 0 unspecified atom stereocenters. The molecule has 0 saturated carbocycles. The third kappa shape index (κ3) is 4.80. The van der Waals surface area contributed by atoms with Crippen LogP contribution < -0.4 is 15.8 Å². The second kappa shape index (κ2) is 8.31. The van der Waals surface area contributed by atoms with Crippen LogP contribution in [0, 0.1) is 0 Å². The van der Waals surface area contributed by atoms with Crippen molar-refractivity contribution in [2.45, 2.75) is 19.4 Å². The number of hydrogen-bond donors (Lipinski definition) is 2. The molecule has 0 radical (unpaired) electrons. The summed E-state index contributed by atoms with van der Waals surface area (Å²) in [5.74, 6) is 1.30. The lowest BCUT2D eigenvalue weighted by atomic mass is 9.94. The number of ether oxygens (including phenoxy) is 2. The average molecular weight is 383 g/mol. The first-order valence-corrected chi connectivity index (χ1v) is 9.18. The zero-order valence-corrected chi connectivity index (χ0v) is 16.1. The fourth-order valence-electron chi connectivity index (χ4n) is 3.07. The van der Waals surface area contributed by atoms with Crippen molar-refractivity contribution in [1.82, 2.24) is 10.2 Å². The monoisotopic (exact) mass is 383 g/mol. The van der Waals surface area contributed by atoms with Crippen LogP contribution in [0.1, 0.15) is 29.8 Å². The summed E-state index contributed by atoms with van der Waals surface area (Å²) >= 11 is 0. The highest BCUT2D eigenvalue weighted by Gasteiger charge is 2.22. The third-order valence-electron chi connectivity index (χ3n) is 4.65. The van der Waals surface area contributed by atoms with Gasteiger partial charge in [-0.15, -0.1) is 0 Å². The first kappa shape index (κ1) is 19.7. The Bertz CT molecular complexity index is 826. The summed E-state index contributed by atoms with van der Waals surface area (Å²) in [5.41, 5.74) is 6.18. The molecule has 0 atom stereocenters. The predicted molar refractivity (Wildman–Crippen MR) is 105 cm³/mol. The molecule has 3 N–H and O–H groups in total. The van der Waals surface area contributed by atoms with Crippen LogP contribution >= 0.6 is 0 Å². The first-order valence-electron chi connectivity index (χ1n) is 9.18. The minimum atomic E-state index is -0.578. The third-order valence-corrected chi connectivity index (χ3v) is 4.65. The molecule has 28 heavy (non-hydrogen) atoms. The van der Waals surface area contributed by atoms with Crippen molar-refractivity contribution < 1.29 is 19.1 Å². The van der Waals surface area contributed by atoms with Gasteiger partial charge in [-0.1, -0.05) is 12.1 Å². The maximum Gasteiger partial charge on any atom is 0.312 e. The van der Waals surface area contributed by atoms with Gasteiger partial charge in [0.15, 0.2) is 0 Å². The van der Waals surface area contributed by atoms with Crippen molar-refractivity contribution >= 4 is 11.9 Å². The van der Waals surface area contributed by atoms with Crippen LogP contribution in [0.4, 0.5) is 4.79 Å². The molecule has 0 bridgehead atoms. The van der Waals surface area contributed by atoms with Gasteiger partial charge in [-0.3, -0.25) is 4.79 Å². The summed E-state index contributed by atoms with van der Waals surface area (Å²) in [4.78, 5) is 25.4. The number of carbonyl (C=O) groups is 2. The molecule has 0 aliphatic carbocycles. The normalized spacial score (nSPS) is 14.4. The molecule has 2 aromatic rings. The topological polar surface area (TPSA) is 93.9 Å². The van der Waals surface area contributed by atoms with E-state index in [-0.39, 0.29) is 5.91 Å². The molecule has 1 aliphatic rings. The van der Waals surface area contributed by atoms with Crippen molar-refractivity contribution in [1.29, 1.82) is 0 Å². The molecule has 7 nitrogen and oxygen atoms in total. The molecule has 1 saturated heterocycles. The maximum atomic E-state index is 12.5. The number of urea groups is 1.